The molecule has 0 bridgehead atoms. The molecule has 0 aliphatic carbocycles. The molecule has 1 aliphatic rings. The summed E-state index contributed by atoms with van der Waals surface area (Å²) in [7, 11) is 0. The van der Waals surface area contributed by atoms with E-state index in [2.05, 4.69) is 25.5 Å². The highest BCUT2D eigenvalue weighted by Crippen LogP contribution is 2.15. The number of guanidine groups is 1. The van der Waals surface area contributed by atoms with Gasteiger partial charge in [-0.2, -0.15) is 11.8 Å². The number of nitrogens with zero attached hydrogens (tertiary/aromatic N) is 4. The molecule has 0 radical (unpaired) electrons. The Hall–Kier alpha value is -0.960. The fourth-order valence-electron chi connectivity index (χ4n) is 2.64. The molecular formula is C15H22IN5S. The van der Waals surface area contributed by atoms with E-state index >= 15 is 0 Å². The molecule has 120 valence electrons. The number of halogens is 1. The lowest BCUT2D eigenvalue weighted by atomic mass is 10.3. The van der Waals surface area contributed by atoms with Crippen LogP contribution in [0.3, 0.4) is 0 Å². The SMILES string of the molecule is Cc1nc2ccccc2n1CCN=C(N)N1CCSCC1.I. The summed E-state index contributed by atoms with van der Waals surface area (Å²) in [5.41, 5.74) is 8.29. The molecule has 1 aromatic carbocycles. The van der Waals surface area contributed by atoms with Crippen molar-refractivity contribution in [2.45, 2.75) is 13.5 Å². The number of benzene rings is 1. The molecule has 2 heterocycles. The molecule has 1 fully saturated rings. The van der Waals surface area contributed by atoms with Crippen molar-refractivity contribution in [3.8, 4) is 0 Å². The molecule has 7 heteroatoms. The van der Waals surface area contributed by atoms with Crippen LogP contribution >= 0.6 is 35.7 Å². The molecule has 5 nitrogen and oxygen atoms in total. The third kappa shape index (κ3) is 3.87. The van der Waals surface area contributed by atoms with Gasteiger partial charge in [0, 0.05) is 31.1 Å². The number of imidazole rings is 1. The number of nitrogens with two attached hydrogens (primary N) is 1. The van der Waals surface area contributed by atoms with E-state index < -0.39 is 0 Å². The average molecular weight is 431 g/mol. The largest absolute Gasteiger partial charge is 0.370 e. The topological polar surface area (TPSA) is 59.4 Å². The van der Waals surface area contributed by atoms with Gasteiger partial charge in [0.2, 0.25) is 0 Å². The van der Waals surface area contributed by atoms with Crippen molar-refractivity contribution in [1.29, 1.82) is 0 Å². The number of fused-ring (bicyclic) bond motifs is 1. The molecule has 0 unspecified atom stereocenters. The second-order valence-electron chi connectivity index (χ2n) is 5.14. The van der Waals surface area contributed by atoms with E-state index in [-0.39, 0.29) is 24.0 Å². The first-order valence-electron chi connectivity index (χ1n) is 7.30. The molecule has 3 rings (SSSR count). The molecule has 22 heavy (non-hydrogen) atoms. The van der Waals surface area contributed by atoms with Crippen LogP contribution in [0, 0.1) is 6.92 Å². The van der Waals surface area contributed by atoms with Gasteiger partial charge in [-0.25, -0.2) is 4.98 Å². The van der Waals surface area contributed by atoms with Gasteiger partial charge in [0.05, 0.1) is 17.6 Å². The fourth-order valence-corrected chi connectivity index (χ4v) is 3.54. The molecule has 0 atom stereocenters. The average Bonchev–Trinajstić information content (AvgIpc) is 2.84. The van der Waals surface area contributed by atoms with Crippen molar-refractivity contribution >= 4 is 52.7 Å². The minimum atomic E-state index is 0. The normalized spacial score (nSPS) is 15.9. The lowest BCUT2D eigenvalue weighted by Gasteiger charge is -2.27. The molecule has 2 aromatic rings. The molecule has 0 spiro atoms. The van der Waals surface area contributed by atoms with Crippen LogP contribution in [-0.4, -0.2) is 51.6 Å². The summed E-state index contributed by atoms with van der Waals surface area (Å²) in [6, 6.07) is 8.21. The second-order valence-corrected chi connectivity index (χ2v) is 6.36. The summed E-state index contributed by atoms with van der Waals surface area (Å²) in [4.78, 5) is 11.3. The number of rotatable bonds is 3. The van der Waals surface area contributed by atoms with Crippen LogP contribution in [0.5, 0.6) is 0 Å². The van der Waals surface area contributed by atoms with Crippen molar-refractivity contribution in [3.05, 3.63) is 30.1 Å². The van der Waals surface area contributed by atoms with Crippen LogP contribution < -0.4 is 5.73 Å². The first-order chi connectivity index (χ1) is 10.3. The molecule has 0 amide bonds. The molecule has 2 N–H and O–H groups in total. The van der Waals surface area contributed by atoms with Gasteiger partial charge in [0.25, 0.3) is 0 Å². The standard InChI is InChI=1S/C15H21N5S.HI/c1-12-18-13-4-2-3-5-14(13)20(12)7-6-17-15(16)19-8-10-21-11-9-19;/h2-5H,6-11H2,1H3,(H2,16,17);1H. The van der Waals surface area contributed by atoms with Gasteiger partial charge < -0.3 is 15.2 Å². The van der Waals surface area contributed by atoms with E-state index in [1.54, 1.807) is 0 Å². The van der Waals surface area contributed by atoms with Crippen LogP contribution in [0.15, 0.2) is 29.3 Å². The maximum atomic E-state index is 6.08. The number of aromatic nitrogens is 2. The first kappa shape index (κ1) is 17.4. The number of para-hydroxylation sites is 2. The van der Waals surface area contributed by atoms with E-state index in [1.807, 2.05) is 36.9 Å². The fraction of sp³-hybridized carbons (Fsp3) is 0.467. The number of thioether (sulfide) groups is 1. The third-order valence-electron chi connectivity index (χ3n) is 3.78. The second kappa shape index (κ2) is 8.05. The van der Waals surface area contributed by atoms with Crippen molar-refractivity contribution in [2.75, 3.05) is 31.1 Å². The summed E-state index contributed by atoms with van der Waals surface area (Å²) in [6.45, 7) is 5.56. The third-order valence-corrected chi connectivity index (χ3v) is 4.72. The van der Waals surface area contributed by atoms with Crippen molar-refractivity contribution in [1.82, 2.24) is 14.5 Å². The Balaban J connectivity index is 0.00000176. The van der Waals surface area contributed by atoms with Crippen LogP contribution in [0.2, 0.25) is 0 Å². The lowest BCUT2D eigenvalue weighted by Crippen LogP contribution is -2.42. The molecule has 1 aromatic heterocycles. The number of aliphatic imine (C=N–C) groups is 1. The van der Waals surface area contributed by atoms with E-state index in [0.29, 0.717) is 12.5 Å². The Morgan fingerprint density at radius 2 is 2.05 bits per heavy atom. The van der Waals surface area contributed by atoms with E-state index in [0.717, 1.165) is 48.0 Å². The van der Waals surface area contributed by atoms with Gasteiger partial charge in [0.1, 0.15) is 5.82 Å². The smallest absolute Gasteiger partial charge is 0.191 e. The predicted molar refractivity (Wildman–Crippen MR) is 105 cm³/mol. The highest BCUT2D eigenvalue weighted by Gasteiger charge is 2.12. The summed E-state index contributed by atoms with van der Waals surface area (Å²) < 4.78 is 2.21. The summed E-state index contributed by atoms with van der Waals surface area (Å²) in [5.74, 6) is 3.99. The molecule has 0 saturated carbocycles. The van der Waals surface area contributed by atoms with Crippen LogP contribution in [0.4, 0.5) is 0 Å². The Labute approximate surface area is 152 Å². The van der Waals surface area contributed by atoms with Gasteiger partial charge in [-0.15, -0.1) is 24.0 Å². The highest BCUT2D eigenvalue weighted by atomic mass is 127. The molecule has 1 saturated heterocycles. The quantitative estimate of drug-likeness (QED) is 0.461. The predicted octanol–water partition coefficient (Wildman–Crippen LogP) is 2.33. The van der Waals surface area contributed by atoms with Crippen molar-refractivity contribution < 1.29 is 0 Å². The highest BCUT2D eigenvalue weighted by molar-refractivity contribution is 14.0. The monoisotopic (exact) mass is 431 g/mol. The first-order valence-corrected chi connectivity index (χ1v) is 8.45. The van der Waals surface area contributed by atoms with Gasteiger partial charge >= 0.3 is 0 Å². The number of aryl methyl sites for hydroxylation is 1. The maximum absolute atomic E-state index is 6.08. The van der Waals surface area contributed by atoms with Crippen molar-refractivity contribution in [2.24, 2.45) is 10.7 Å². The molecular weight excluding hydrogens is 409 g/mol. The van der Waals surface area contributed by atoms with E-state index in [9.17, 15) is 0 Å². The Morgan fingerprint density at radius 3 is 2.82 bits per heavy atom. The van der Waals surface area contributed by atoms with E-state index in [1.165, 1.54) is 0 Å². The lowest BCUT2D eigenvalue weighted by molar-refractivity contribution is 0.455. The number of hydrogen-bond donors (Lipinski definition) is 1. The Bertz CT molecular complexity index is 648. The zero-order chi connectivity index (χ0) is 14.7. The van der Waals surface area contributed by atoms with Crippen LogP contribution in [0.25, 0.3) is 11.0 Å². The van der Waals surface area contributed by atoms with Crippen molar-refractivity contribution in [3.63, 3.8) is 0 Å². The van der Waals surface area contributed by atoms with Gasteiger partial charge in [-0.1, -0.05) is 12.1 Å². The Morgan fingerprint density at radius 1 is 1.32 bits per heavy atom. The van der Waals surface area contributed by atoms with Gasteiger partial charge in [-0.3, -0.25) is 4.99 Å². The Kier molecular flexibility index (Phi) is 6.37. The van der Waals surface area contributed by atoms with Gasteiger partial charge in [-0.05, 0) is 19.1 Å². The minimum absolute atomic E-state index is 0. The maximum Gasteiger partial charge on any atom is 0.191 e. The minimum Gasteiger partial charge on any atom is -0.370 e. The van der Waals surface area contributed by atoms with Crippen LogP contribution in [0.1, 0.15) is 5.82 Å². The summed E-state index contributed by atoms with van der Waals surface area (Å²) in [6.07, 6.45) is 0. The van der Waals surface area contributed by atoms with E-state index in [4.69, 9.17) is 5.73 Å². The zero-order valence-electron chi connectivity index (χ0n) is 12.7. The number of hydrogen-bond acceptors (Lipinski definition) is 3. The zero-order valence-corrected chi connectivity index (χ0v) is 15.9. The molecule has 1 aliphatic heterocycles. The van der Waals surface area contributed by atoms with Gasteiger partial charge in [0.15, 0.2) is 5.96 Å². The summed E-state index contributed by atoms with van der Waals surface area (Å²) >= 11 is 1.98. The van der Waals surface area contributed by atoms with Crippen LogP contribution in [-0.2, 0) is 6.54 Å². The summed E-state index contributed by atoms with van der Waals surface area (Å²) in [5, 5.41) is 0.